The van der Waals surface area contributed by atoms with Gasteiger partial charge in [0.25, 0.3) is 0 Å². The smallest absolute Gasteiger partial charge is 0.393 e. The summed E-state index contributed by atoms with van der Waals surface area (Å²) in [6, 6.07) is 0. The van der Waals surface area contributed by atoms with E-state index >= 15 is 0 Å². The number of nitrogens with two attached hydrogens (primary N) is 1. The van der Waals surface area contributed by atoms with Gasteiger partial charge in [-0.05, 0) is 181 Å². The van der Waals surface area contributed by atoms with Crippen molar-refractivity contribution in [1.29, 1.82) is 0 Å². The van der Waals surface area contributed by atoms with E-state index in [9.17, 15) is 18.1 Å². The van der Waals surface area contributed by atoms with E-state index in [2.05, 4.69) is 31.4 Å². The van der Waals surface area contributed by atoms with Crippen LogP contribution in [0, 0.1) is 58.2 Å². The zero-order chi connectivity index (χ0) is 35.7. The fourth-order valence-corrected chi connectivity index (χ4v) is 12.5. The highest BCUT2D eigenvalue weighted by Crippen LogP contribution is 2.68. The summed E-state index contributed by atoms with van der Waals surface area (Å²) < 4.78 is 37.2. The van der Waals surface area contributed by atoms with Gasteiger partial charge in [0.2, 0.25) is 0 Å². The number of aliphatic hydroxyl groups excluding tert-OH is 1. The van der Waals surface area contributed by atoms with Crippen molar-refractivity contribution in [3.8, 4) is 0 Å². The fourth-order valence-electron chi connectivity index (χ4n) is 11.8. The standard InChI is InChI=1S/C40H77N3O5S/c1-29(2)37(48-49(45,46)47)17-14-30(3)33-15-16-34-38-35(19-21-40(33,34)5)39(4)20-18-31(27-32(39)28-36(38)44)13-8-6-7-9-23-42-24-10-11-25-43-26-12-22-41/h29-38,42-44H,6-28,41H2,1-5H3,(H,45,46,47)/t30-,31+,32-,33-,34+,35+,36-,37-,38+,39+,40-/m1/s1. The zero-order valence-corrected chi connectivity index (χ0v) is 33.0. The molecule has 0 aromatic rings. The highest BCUT2D eigenvalue weighted by molar-refractivity contribution is 7.80. The Morgan fingerprint density at radius 2 is 1.41 bits per heavy atom. The van der Waals surface area contributed by atoms with Crippen LogP contribution in [0.3, 0.4) is 0 Å². The number of fused-ring (bicyclic) bond motifs is 5. The van der Waals surface area contributed by atoms with Crippen molar-refractivity contribution >= 4 is 10.4 Å². The minimum absolute atomic E-state index is 0.0189. The third kappa shape index (κ3) is 11.1. The lowest BCUT2D eigenvalue weighted by atomic mass is 9.43. The van der Waals surface area contributed by atoms with Gasteiger partial charge in [-0.15, -0.1) is 0 Å². The number of rotatable bonds is 22. The molecule has 6 N–H and O–H groups in total. The van der Waals surface area contributed by atoms with E-state index in [1.165, 1.54) is 89.9 Å². The number of unbranched alkanes of at least 4 members (excludes halogenated alkanes) is 4. The van der Waals surface area contributed by atoms with Crippen LogP contribution in [0.15, 0.2) is 0 Å². The van der Waals surface area contributed by atoms with E-state index in [1.807, 2.05) is 13.8 Å². The summed E-state index contributed by atoms with van der Waals surface area (Å²) in [6.07, 6.45) is 21.1. The third-order valence-electron chi connectivity index (χ3n) is 14.7. The number of hydrogen-bond donors (Lipinski definition) is 5. The second-order valence-electron chi connectivity index (χ2n) is 18.1. The van der Waals surface area contributed by atoms with Crippen molar-refractivity contribution in [2.75, 3.05) is 32.7 Å². The Bertz CT molecular complexity index is 1080. The van der Waals surface area contributed by atoms with Crippen molar-refractivity contribution in [2.45, 2.75) is 162 Å². The van der Waals surface area contributed by atoms with Crippen molar-refractivity contribution in [3.05, 3.63) is 0 Å². The first kappa shape index (κ1) is 41.5. The number of hydrogen-bond acceptors (Lipinski definition) is 7. The van der Waals surface area contributed by atoms with Crippen LogP contribution in [-0.4, -0.2) is 63.0 Å². The summed E-state index contributed by atoms with van der Waals surface area (Å²) in [4.78, 5) is 0. The Kier molecular flexibility index (Phi) is 16.2. The molecule has 0 radical (unpaired) electrons. The molecule has 4 aliphatic carbocycles. The van der Waals surface area contributed by atoms with Gasteiger partial charge in [-0.2, -0.15) is 8.42 Å². The molecule has 4 rings (SSSR count). The molecule has 0 unspecified atom stereocenters. The summed E-state index contributed by atoms with van der Waals surface area (Å²) in [5, 5.41) is 19.0. The molecule has 11 atom stereocenters. The first-order chi connectivity index (χ1) is 23.3. The zero-order valence-electron chi connectivity index (χ0n) is 32.1. The van der Waals surface area contributed by atoms with Gasteiger partial charge in [-0.25, -0.2) is 4.18 Å². The summed E-state index contributed by atoms with van der Waals surface area (Å²) in [7, 11) is -4.45. The predicted molar refractivity (Wildman–Crippen MR) is 201 cm³/mol. The van der Waals surface area contributed by atoms with E-state index < -0.39 is 16.5 Å². The molecule has 0 spiro atoms. The normalized spacial score (nSPS) is 35.9. The average Bonchev–Trinajstić information content (AvgIpc) is 3.40. The molecule has 4 saturated carbocycles. The van der Waals surface area contributed by atoms with Gasteiger partial charge in [0.15, 0.2) is 0 Å². The maximum atomic E-state index is 11.9. The Labute approximate surface area is 301 Å². The molecule has 0 heterocycles. The second kappa shape index (κ2) is 19.2. The van der Waals surface area contributed by atoms with Crippen LogP contribution in [0.1, 0.15) is 150 Å². The number of aliphatic hydroxyl groups is 1. The Balaban J connectivity index is 1.18. The number of nitrogens with one attached hydrogen (secondary N) is 2. The highest BCUT2D eigenvalue weighted by Gasteiger charge is 2.62. The van der Waals surface area contributed by atoms with E-state index in [-0.39, 0.29) is 17.4 Å². The molecule has 8 nitrogen and oxygen atoms in total. The summed E-state index contributed by atoms with van der Waals surface area (Å²) in [5.74, 6) is 4.21. The predicted octanol–water partition coefficient (Wildman–Crippen LogP) is 7.75. The monoisotopic (exact) mass is 712 g/mol. The molecule has 4 aliphatic rings. The van der Waals surface area contributed by atoms with E-state index in [0.29, 0.717) is 47.3 Å². The molecule has 4 fully saturated rings. The van der Waals surface area contributed by atoms with Gasteiger partial charge in [-0.1, -0.05) is 60.3 Å². The molecule has 0 aromatic carbocycles. The molecule has 0 saturated heterocycles. The maximum Gasteiger partial charge on any atom is 0.397 e. The highest BCUT2D eigenvalue weighted by atomic mass is 32.3. The van der Waals surface area contributed by atoms with E-state index in [1.54, 1.807) is 0 Å². The van der Waals surface area contributed by atoms with Crippen LogP contribution in [0.5, 0.6) is 0 Å². The minimum atomic E-state index is -4.45. The first-order valence-electron chi connectivity index (χ1n) is 20.8. The van der Waals surface area contributed by atoms with E-state index in [4.69, 9.17) is 9.92 Å². The first-order valence-corrected chi connectivity index (χ1v) is 22.1. The molecule has 0 aliphatic heterocycles. The molecular weight excluding hydrogens is 635 g/mol. The Morgan fingerprint density at radius 1 is 0.796 bits per heavy atom. The van der Waals surface area contributed by atoms with Crippen LogP contribution in [0.4, 0.5) is 0 Å². The molecule has 9 heteroatoms. The topological polar surface area (TPSA) is 134 Å². The van der Waals surface area contributed by atoms with Crippen LogP contribution in [0.2, 0.25) is 0 Å². The van der Waals surface area contributed by atoms with Gasteiger partial charge in [-0.3, -0.25) is 4.55 Å². The van der Waals surface area contributed by atoms with Gasteiger partial charge < -0.3 is 21.5 Å². The lowest BCUT2D eigenvalue weighted by Gasteiger charge is -2.62. The molecule has 0 amide bonds. The largest absolute Gasteiger partial charge is 0.397 e. The Morgan fingerprint density at radius 3 is 2.06 bits per heavy atom. The summed E-state index contributed by atoms with van der Waals surface area (Å²) >= 11 is 0. The van der Waals surface area contributed by atoms with Gasteiger partial charge in [0.05, 0.1) is 12.2 Å². The molecule has 288 valence electrons. The Hall–Kier alpha value is -0.290. The van der Waals surface area contributed by atoms with E-state index in [0.717, 1.165) is 57.9 Å². The van der Waals surface area contributed by atoms with Crippen LogP contribution in [-0.2, 0) is 14.6 Å². The van der Waals surface area contributed by atoms with Crippen molar-refractivity contribution < 1.29 is 22.3 Å². The minimum Gasteiger partial charge on any atom is -0.393 e. The van der Waals surface area contributed by atoms with Crippen LogP contribution in [0.25, 0.3) is 0 Å². The second-order valence-corrected chi connectivity index (χ2v) is 19.1. The van der Waals surface area contributed by atoms with Crippen molar-refractivity contribution in [3.63, 3.8) is 0 Å². The fraction of sp³-hybridized carbons (Fsp3) is 1.00. The lowest BCUT2D eigenvalue weighted by molar-refractivity contribution is -0.169. The van der Waals surface area contributed by atoms with Crippen LogP contribution >= 0.6 is 0 Å². The van der Waals surface area contributed by atoms with Gasteiger partial charge in [0, 0.05) is 0 Å². The molecular formula is C40H77N3O5S. The van der Waals surface area contributed by atoms with Gasteiger partial charge >= 0.3 is 10.4 Å². The van der Waals surface area contributed by atoms with Gasteiger partial charge in [0.1, 0.15) is 0 Å². The van der Waals surface area contributed by atoms with Crippen molar-refractivity contribution in [2.24, 2.45) is 63.9 Å². The lowest BCUT2D eigenvalue weighted by Crippen LogP contribution is -2.58. The SMILES string of the molecule is CC(C)[C@@H](CC[C@@H](C)[C@H]1CC[C@H]2[C@@H]3[C@H](O)C[C@H]4C[C@@H](CCCCCCNCCCCNCCCN)CC[C@]4(C)[C@H]3CC[C@]12C)OS(=O)(=O)O. The van der Waals surface area contributed by atoms with Crippen molar-refractivity contribution in [1.82, 2.24) is 10.6 Å². The maximum absolute atomic E-state index is 11.9. The molecule has 0 bridgehead atoms. The molecule has 0 aromatic heterocycles. The average molecular weight is 712 g/mol. The summed E-state index contributed by atoms with van der Waals surface area (Å²) in [6.45, 7) is 16.6. The summed E-state index contributed by atoms with van der Waals surface area (Å²) in [5.41, 5.74) is 6.14. The molecule has 49 heavy (non-hydrogen) atoms. The quantitative estimate of drug-likeness (QED) is 0.0569. The third-order valence-corrected chi connectivity index (χ3v) is 15.2. The van der Waals surface area contributed by atoms with Crippen LogP contribution < -0.4 is 16.4 Å².